The van der Waals surface area contributed by atoms with Crippen LogP contribution in [0.25, 0.3) is 10.4 Å². The Hall–Kier alpha value is -2.22. The number of ether oxygens (including phenoxy) is 3. The zero-order valence-electron chi connectivity index (χ0n) is 17.4. The largest absolute Gasteiger partial charge is 0.376 e. The Kier molecular flexibility index (Phi) is 7.64. The van der Waals surface area contributed by atoms with Crippen molar-refractivity contribution in [1.29, 1.82) is 0 Å². The van der Waals surface area contributed by atoms with Crippen molar-refractivity contribution in [2.75, 3.05) is 12.4 Å². The molecule has 30 heavy (non-hydrogen) atoms. The SMILES string of the molecule is Cc1ccc([S@@](=O)C[C@H]2OC(C)(C)O[C@@H]2[C@@H](COCc2ccccc2)N=[N+]=[N-])cc1. The monoisotopic (exact) mass is 429 g/mol. The molecular formula is C22H27N3O4S. The molecule has 2 aromatic carbocycles. The van der Waals surface area contributed by atoms with Gasteiger partial charge < -0.3 is 14.2 Å². The quantitative estimate of drug-likeness (QED) is 0.333. The van der Waals surface area contributed by atoms with Gasteiger partial charge in [0.1, 0.15) is 0 Å². The second kappa shape index (κ2) is 10.2. The fourth-order valence-electron chi connectivity index (χ4n) is 3.39. The van der Waals surface area contributed by atoms with Crippen LogP contribution in [-0.4, -0.2) is 40.6 Å². The van der Waals surface area contributed by atoms with E-state index in [4.69, 9.17) is 19.7 Å². The topological polar surface area (TPSA) is 93.5 Å². The molecule has 1 heterocycles. The van der Waals surface area contributed by atoms with Crippen LogP contribution in [-0.2, 0) is 31.6 Å². The minimum absolute atomic E-state index is 0.177. The van der Waals surface area contributed by atoms with E-state index in [0.29, 0.717) is 6.61 Å². The lowest BCUT2D eigenvalue weighted by atomic mass is 10.1. The molecule has 0 saturated carbocycles. The fraction of sp³-hybridized carbons (Fsp3) is 0.455. The smallest absolute Gasteiger partial charge is 0.163 e. The molecule has 160 valence electrons. The molecule has 1 saturated heterocycles. The number of aryl methyl sites for hydroxylation is 1. The highest BCUT2D eigenvalue weighted by molar-refractivity contribution is 7.85. The highest BCUT2D eigenvalue weighted by Gasteiger charge is 2.45. The summed E-state index contributed by atoms with van der Waals surface area (Å²) in [6.07, 6.45) is -1.04. The molecule has 0 amide bonds. The third-order valence-corrected chi connectivity index (χ3v) is 6.23. The van der Waals surface area contributed by atoms with E-state index in [-0.39, 0.29) is 12.4 Å². The molecule has 8 heteroatoms. The first-order valence-electron chi connectivity index (χ1n) is 9.84. The molecule has 0 N–H and O–H groups in total. The van der Waals surface area contributed by atoms with Crippen molar-refractivity contribution in [3.63, 3.8) is 0 Å². The van der Waals surface area contributed by atoms with E-state index >= 15 is 0 Å². The maximum Gasteiger partial charge on any atom is 0.163 e. The average molecular weight is 430 g/mol. The van der Waals surface area contributed by atoms with Gasteiger partial charge in [0, 0.05) is 9.81 Å². The number of benzene rings is 2. The first kappa shape index (κ1) is 22.5. The predicted octanol–water partition coefficient (Wildman–Crippen LogP) is 4.52. The second-order valence-electron chi connectivity index (χ2n) is 7.74. The van der Waals surface area contributed by atoms with E-state index in [0.717, 1.165) is 16.0 Å². The van der Waals surface area contributed by atoms with E-state index in [9.17, 15) is 4.21 Å². The summed E-state index contributed by atoms with van der Waals surface area (Å²) < 4.78 is 30.7. The molecule has 0 aromatic heterocycles. The summed E-state index contributed by atoms with van der Waals surface area (Å²) in [5.74, 6) is -0.622. The van der Waals surface area contributed by atoms with Crippen molar-refractivity contribution >= 4 is 10.8 Å². The molecule has 1 aliphatic rings. The maximum atomic E-state index is 12.9. The lowest BCUT2D eigenvalue weighted by molar-refractivity contribution is -0.147. The van der Waals surface area contributed by atoms with Crippen molar-refractivity contribution in [3.8, 4) is 0 Å². The van der Waals surface area contributed by atoms with E-state index in [1.807, 2.05) is 61.5 Å². The van der Waals surface area contributed by atoms with Crippen LogP contribution in [0.15, 0.2) is 64.6 Å². The number of hydrogen-bond acceptors (Lipinski definition) is 5. The summed E-state index contributed by atoms with van der Waals surface area (Å²) in [5.41, 5.74) is 11.2. The van der Waals surface area contributed by atoms with Gasteiger partial charge >= 0.3 is 0 Å². The Morgan fingerprint density at radius 2 is 1.87 bits per heavy atom. The number of hydrogen-bond donors (Lipinski definition) is 0. The fourth-order valence-corrected chi connectivity index (χ4v) is 4.57. The zero-order chi connectivity index (χ0) is 21.6. The highest BCUT2D eigenvalue weighted by Crippen LogP contribution is 2.32. The number of azide groups is 1. The first-order chi connectivity index (χ1) is 14.4. The van der Waals surface area contributed by atoms with Crippen LogP contribution in [0.3, 0.4) is 0 Å². The molecule has 0 aliphatic carbocycles. The van der Waals surface area contributed by atoms with Crippen molar-refractivity contribution in [2.24, 2.45) is 5.11 Å². The van der Waals surface area contributed by atoms with Crippen molar-refractivity contribution in [3.05, 3.63) is 76.2 Å². The van der Waals surface area contributed by atoms with Gasteiger partial charge in [-0.3, -0.25) is 4.21 Å². The molecule has 1 aliphatic heterocycles. The summed E-state index contributed by atoms with van der Waals surface area (Å²) >= 11 is 0. The van der Waals surface area contributed by atoms with Gasteiger partial charge in [0.05, 0.1) is 48.0 Å². The van der Waals surface area contributed by atoms with Crippen molar-refractivity contribution in [1.82, 2.24) is 0 Å². The minimum atomic E-state index is -1.27. The van der Waals surface area contributed by atoms with E-state index in [2.05, 4.69) is 10.0 Å². The van der Waals surface area contributed by atoms with Gasteiger partial charge in [0.25, 0.3) is 0 Å². The zero-order valence-corrected chi connectivity index (χ0v) is 18.2. The van der Waals surface area contributed by atoms with Gasteiger partial charge in [-0.25, -0.2) is 0 Å². The van der Waals surface area contributed by atoms with E-state index < -0.39 is 34.8 Å². The molecule has 4 atom stereocenters. The molecule has 3 rings (SSSR count). The molecular weight excluding hydrogens is 402 g/mol. The van der Waals surface area contributed by atoms with Gasteiger partial charge in [-0.05, 0) is 44.0 Å². The molecule has 0 bridgehead atoms. The normalized spacial score (nSPS) is 22.2. The highest BCUT2D eigenvalue weighted by atomic mass is 32.2. The molecule has 0 radical (unpaired) electrons. The summed E-state index contributed by atoms with van der Waals surface area (Å²) in [5, 5.41) is 3.90. The Morgan fingerprint density at radius 3 is 2.53 bits per heavy atom. The molecule has 7 nitrogen and oxygen atoms in total. The molecule has 2 aromatic rings. The lowest BCUT2D eigenvalue weighted by Crippen LogP contribution is -2.39. The summed E-state index contributed by atoms with van der Waals surface area (Å²) in [6, 6.07) is 16.7. The summed E-state index contributed by atoms with van der Waals surface area (Å²) in [6.45, 7) is 6.16. The Bertz CT molecular complexity index is 898. The lowest BCUT2D eigenvalue weighted by Gasteiger charge is -2.23. The van der Waals surface area contributed by atoms with Crippen LogP contribution in [0.2, 0.25) is 0 Å². The van der Waals surface area contributed by atoms with Crippen LogP contribution < -0.4 is 0 Å². The Balaban J connectivity index is 1.69. The van der Waals surface area contributed by atoms with Crippen LogP contribution in [0.4, 0.5) is 0 Å². The van der Waals surface area contributed by atoms with Gasteiger partial charge in [-0.2, -0.15) is 0 Å². The third kappa shape index (κ3) is 6.14. The van der Waals surface area contributed by atoms with Crippen LogP contribution in [0.1, 0.15) is 25.0 Å². The first-order valence-corrected chi connectivity index (χ1v) is 11.2. The molecule has 0 unspecified atom stereocenters. The molecule has 0 spiro atoms. The van der Waals surface area contributed by atoms with Gasteiger partial charge in [-0.1, -0.05) is 53.1 Å². The summed E-state index contributed by atoms with van der Waals surface area (Å²) in [7, 11) is -1.27. The van der Waals surface area contributed by atoms with Gasteiger partial charge in [0.2, 0.25) is 0 Å². The predicted molar refractivity (Wildman–Crippen MR) is 115 cm³/mol. The minimum Gasteiger partial charge on any atom is -0.376 e. The third-order valence-electron chi connectivity index (χ3n) is 4.80. The van der Waals surface area contributed by atoms with Gasteiger partial charge in [0.15, 0.2) is 5.79 Å². The number of nitrogens with zero attached hydrogens (tertiary/aromatic N) is 3. The Morgan fingerprint density at radius 1 is 1.17 bits per heavy atom. The van der Waals surface area contributed by atoms with Crippen molar-refractivity contribution in [2.45, 2.75) is 56.3 Å². The van der Waals surface area contributed by atoms with Crippen molar-refractivity contribution < 1.29 is 18.4 Å². The van der Waals surface area contributed by atoms with E-state index in [1.54, 1.807) is 13.8 Å². The van der Waals surface area contributed by atoms with E-state index in [1.165, 1.54) is 0 Å². The molecule has 1 fully saturated rings. The van der Waals surface area contributed by atoms with Gasteiger partial charge in [-0.15, -0.1) is 0 Å². The Labute approximate surface area is 179 Å². The number of rotatable bonds is 9. The van der Waals surface area contributed by atoms with Crippen LogP contribution in [0.5, 0.6) is 0 Å². The standard InChI is InChI=1S/C22H27N3O4S/c1-16-9-11-18(12-10-16)30(26)15-20-21(29-22(2,3)28-20)19(24-25-23)14-27-13-17-7-5-4-6-8-17/h4-12,19-21H,13-15H2,1-3H3/t19-,20-,21-,30+/m1/s1. The average Bonchev–Trinajstić information content (AvgIpc) is 3.02. The van der Waals surface area contributed by atoms with Crippen LogP contribution in [0, 0.1) is 6.92 Å². The second-order valence-corrected chi connectivity index (χ2v) is 9.23. The summed E-state index contributed by atoms with van der Waals surface area (Å²) in [4.78, 5) is 3.70. The maximum absolute atomic E-state index is 12.9. The van der Waals surface area contributed by atoms with Crippen LogP contribution >= 0.6 is 0 Å².